The summed E-state index contributed by atoms with van der Waals surface area (Å²) < 4.78 is 4.86. The zero-order chi connectivity index (χ0) is 8.43. The van der Waals surface area contributed by atoms with Crippen LogP contribution in [0, 0.1) is 0 Å². The third-order valence-electron chi connectivity index (χ3n) is 1.67. The molecule has 0 radical (unpaired) electrons. The minimum Gasteiger partial charge on any atom is -0.387 e. The predicted octanol–water partition coefficient (Wildman–Crippen LogP) is -1.21. The van der Waals surface area contributed by atoms with E-state index in [9.17, 15) is 5.11 Å². The van der Waals surface area contributed by atoms with Crippen LogP contribution in [0.2, 0.25) is 0 Å². The first-order chi connectivity index (χ1) is 5.16. The smallest absolute Gasteiger partial charge is 0.183 e. The van der Waals surface area contributed by atoms with Gasteiger partial charge in [-0.25, -0.2) is 0 Å². The van der Waals surface area contributed by atoms with Gasteiger partial charge in [0.25, 0.3) is 0 Å². The van der Waals surface area contributed by atoms with Gasteiger partial charge in [0.1, 0.15) is 12.2 Å². The van der Waals surface area contributed by atoms with Crippen molar-refractivity contribution in [3.63, 3.8) is 0 Å². The SMILES string of the molecule is CSC[C@@H]1O[C@H](O)C(O)C1O. The lowest BCUT2D eigenvalue weighted by molar-refractivity contribution is -0.123. The van der Waals surface area contributed by atoms with E-state index >= 15 is 0 Å². The maximum atomic E-state index is 9.21. The van der Waals surface area contributed by atoms with Crippen LogP contribution in [0.5, 0.6) is 0 Å². The fraction of sp³-hybridized carbons (Fsp3) is 1.00. The molecule has 4 nitrogen and oxygen atoms in total. The topological polar surface area (TPSA) is 69.9 Å². The normalized spacial score (nSPS) is 44.7. The molecule has 0 saturated carbocycles. The maximum Gasteiger partial charge on any atom is 0.183 e. The molecule has 0 aromatic heterocycles. The first kappa shape index (κ1) is 9.28. The number of hydrogen-bond donors (Lipinski definition) is 3. The van der Waals surface area contributed by atoms with Crippen molar-refractivity contribution >= 4 is 11.8 Å². The zero-order valence-electron chi connectivity index (χ0n) is 6.17. The summed E-state index contributed by atoms with van der Waals surface area (Å²) in [6.07, 6.45) is -1.94. The molecule has 1 saturated heterocycles. The molecule has 0 spiro atoms. The monoisotopic (exact) mass is 180 g/mol. The van der Waals surface area contributed by atoms with E-state index in [1.807, 2.05) is 6.26 Å². The highest BCUT2D eigenvalue weighted by molar-refractivity contribution is 7.98. The summed E-state index contributed by atoms with van der Waals surface area (Å²) in [4.78, 5) is 0. The van der Waals surface area contributed by atoms with Crippen LogP contribution in [-0.4, -0.2) is 51.9 Å². The first-order valence-corrected chi connectivity index (χ1v) is 4.75. The molecular formula is C6H12O4S. The summed E-state index contributed by atoms with van der Waals surface area (Å²) in [7, 11) is 0. The molecule has 1 aliphatic heterocycles. The molecule has 11 heavy (non-hydrogen) atoms. The van der Waals surface area contributed by atoms with Gasteiger partial charge in [0, 0.05) is 5.75 Å². The quantitative estimate of drug-likeness (QED) is 0.497. The number of thioether (sulfide) groups is 1. The van der Waals surface area contributed by atoms with Crippen LogP contribution in [0.4, 0.5) is 0 Å². The minimum atomic E-state index is -1.23. The second-order valence-corrected chi connectivity index (χ2v) is 3.41. The maximum absolute atomic E-state index is 9.21. The van der Waals surface area contributed by atoms with Gasteiger partial charge >= 0.3 is 0 Å². The Hall–Kier alpha value is 0.190. The minimum absolute atomic E-state index is 0.449. The molecular weight excluding hydrogens is 168 g/mol. The van der Waals surface area contributed by atoms with Crippen molar-refractivity contribution in [2.24, 2.45) is 0 Å². The predicted molar refractivity (Wildman–Crippen MR) is 41.3 cm³/mol. The lowest BCUT2D eigenvalue weighted by atomic mass is 10.2. The third-order valence-corrected chi connectivity index (χ3v) is 2.33. The molecule has 1 rings (SSSR count). The highest BCUT2D eigenvalue weighted by Crippen LogP contribution is 2.21. The van der Waals surface area contributed by atoms with Crippen molar-refractivity contribution in [3.05, 3.63) is 0 Å². The van der Waals surface area contributed by atoms with Gasteiger partial charge in [-0.15, -0.1) is 0 Å². The fourth-order valence-electron chi connectivity index (χ4n) is 1.03. The van der Waals surface area contributed by atoms with E-state index in [4.69, 9.17) is 14.9 Å². The standard InChI is InChI=1S/C6H12O4S/c1-11-2-3-4(7)5(8)6(9)10-3/h3-9H,2H2,1H3/t3-,4?,5?,6-/m0/s1. The van der Waals surface area contributed by atoms with Gasteiger partial charge in [-0.1, -0.05) is 0 Å². The molecule has 2 unspecified atom stereocenters. The molecule has 1 aliphatic rings. The van der Waals surface area contributed by atoms with E-state index in [1.165, 1.54) is 11.8 Å². The Balaban J connectivity index is 2.45. The second kappa shape index (κ2) is 3.73. The van der Waals surface area contributed by atoms with Crippen molar-refractivity contribution in [1.29, 1.82) is 0 Å². The van der Waals surface area contributed by atoms with Gasteiger partial charge in [0.15, 0.2) is 6.29 Å². The van der Waals surface area contributed by atoms with E-state index in [2.05, 4.69) is 0 Å². The Bertz CT molecular complexity index is 132. The van der Waals surface area contributed by atoms with Gasteiger partial charge in [-0.2, -0.15) is 11.8 Å². The summed E-state index contributed by atoms with van der Waals surface area (Å²) in [5, 5.41) is 27.2. The van der Waals surface area contributed by atoms with Crippen LogP contribution < -0.4 is 0 Å². The van der Waals surface area contributed by atoms with Crippen molar-refractivity contribution in [1.82, 2.24) is 0 Å². The van der Waals surface area contributed by atoms with Crippen LogP contribution in [0.3, 0.4) is 0 Å². The molecule has 5 heteroatoms. The van der Waals surface area contributed by atoms with Gasteiger partial charge < -0.3 is 20.1 Å². The Morgan fingerprint density at radius 3 is 2.27 bits per heavy atom. The van der Waals surface area contributed by atoms with Crippen LogP contribution in [0.15, 0.2) is 0 Å². The number of aliphatic hydroxyl groups excluding tert-OH is 3. The molecule has 66 valence electrons. The van der Waals surface area contributed by atoms with Crippen molar-refractivity contribution < 1.29 is 20.1 Å². The molecule has 1 heterocycles. The van der Waals surface area contributed by atoms with E-state index in [0.717, 1.165) is 0 Å². The molecule has 0 bridgehead atoms. The third kappa shape index (κ3) is 1.86. The molecule has 0 amide bonds. The molecule has 1 fully saturated rings. The van der Waals surface area contributed by atoms with Crippen LogP contribution in [0.25, 0.3) is 0 Å². The van der Waals surface area contributed by atoms with Gasteiger partial charge in [0.2, 0.25) is 0 Å². The lowest BCUT2D eigenvalue weighted by Gasteiger charge is -2.11. The molecule has 0 aromatic rings. The molecule has 0 aliphatic carbocycles. The van der Waals surface area contributed by atoms with E-state index in [1.54, 1.807) is 0 Å². The van der Waals surface area contributed by atoms with Gasteiger partial charge in [-0.05, 0) is 6.26 Å². The van der Waals surface area contributed by atoms with Crippen molar-refractivity contribution in [3.8, 4) is 0 Å². The van der Waals surface area contributed by atoms with Gasteiger partial charge in [-0.3, -0.25) is 0 Å². The van der Waals surface area contributed by atoms with Crippen molar-refractivity contribution in [2.45, 2.75) is 24.6 Å². The molecule has 4 atom stereocenters. The average molecular weight is 180 g/mol. The number of hydrogen-bond acceptors (Lipinski definition) is 5. The average Bonchev–Trinajstić information content (AvgIpc) is 2.19. The highest BCUT2D eigenvalue weighted by Gasteiger charge is 2.41. The number of ether oxygens (including phenoxy) is 1. The Morgan fingerprint density at radius 2 is 1.91 bits per heavy atom. The Labute approximate surface area is 69.2 Å². The Kier molecular flexibility index (Phi) is 3.15. The number of aliphatic hydroxyl groups is 3. The summed E-state index contributed by atoms with van der Waals surface area (Å²) in [5.74, 6) is 0.579. The molecule has 0 aromatic carbocycles. The molecule has 3 N–H and O–H groups in total. The fourth-order valence-corrected chi connectivity index (χ4v) is 1.64. The van der Waals surface area contributed by atoms with E-state index < -0.39 is 24.6 Å². The first-order valence-electron chi connectivity index (χ1n) is 3.35. The largest absolute Gasteiger partial charge is 0.387 e. The van der Waals surface area contributed by atoms with Crippen molar-refractivity contribution in [2.75, 3.05) is 12.0 Å². The van der Waals surface area contributed by atoms with Crippen LogP contribution in [0.1, 0.15) is 0 Å². The van der Waals surface area contributed by atoms with Crippen LogP contribution >= 0.6 is 11.8 Å². The zero-order valence-corrected chi connectivity index (χ0v) is 6.99. The summed E-state index contributed by atoms with van der Waals surface area (Å²) in [6, 6.07) is 0. The Morgan fingerprint density at radius 1 is 1.27 bits per heavy atom. The summed E-state index contributed by atoms with van der Waals surface area (Å²) in [5.41, 5.74) is 0. The van der Waals surface area contributed by atoms with E-state index in [-0.39, 0.29) is 0 Å². The second-order valence-electron chi connectivity index (χ2n) is 2.50. The van der Waals surface area contributed by atoms with Gasteiger partial charge in [0.05, 0.1) is 6.10 Å². The summed E-state index contributed by atoms with van der Waals surface area (Å²) in [6.45, 7) is 0. The summed E-state index contributed by atoms with van der Waals surface area (Å²) >= 11 is 1.50. The van der Waals surface area contributed by atoms with Crippen LogP contribution in [-0.2, 0) is 4.74 Å². The van der Waals surface area contributed by atoms with E-state index in [0.29, 0.717) is 5.75 Å². The lowest BCUT2D eigenvalue weighted by Crippen LogP contribution is -2.33. The highest BCUT2D eigenvalue weighted by atomic mass is 32.2. The number of rotatable bonds is 2.